The van der Waals surface area contributed by atoms with E-state index in [1.54, 1.807) is 0 Å². The van der Waals surface area contributed by atoms with Crippen LogP contribution in [0.5, 0.6) is 0 Å². The lowest BCUT2D eigenvalue weighted by molar-refractivity contribution is -0.129. The van der Waals surface area contributed by atoms with Crippen molar-refractivity contribution >= 4 is 12.0 Å². The normalized spacial score (nSPS) is 12.0. The molecular formula is C3H5F3OS. The summed E-state index contributed by atoms with van der Waals surface area (Å²) in [6, 6.07) is 0. The summed E-state index contributed by atoms with van der Waals surface area (Å²) in [5.41, 5.74) is 0. The second kappa shape index (κ2) is 3.19. The molecule has 0 fully saturated rings. The average molecular weight is 146 g/mol. The minimum absolute atomic E-state index is 0.208. The number of hydrogen-bond acceptors (Lipinski definition) is 2. The van der Waals surface area contributed by atoms with Crippen LogP contribution in [-0.4, -0.2) is 16.5 Å². The summed E-state index contributed by atoms with van der Waals surface area (Å²) < 4.78 is 41.2. The molecule has 0 saturated carbocycles. The highest BCUT2D eigenvalue weighted by Gasteiger charge is 2.25. The van der Waals surface area contributed by atoms with Gasteiger partial charge in [-0.1, -0.05) is 0 Å². The van der Waals surface area contributed by atoms with E-state index in [9.17, 15) is 13.2 Å². The van der Waals surface area contributed by atoms with Crippen molar-refractivity contribution in [3.05, 3.63) is 0 Å². The molecule has 0 heterocycles. The van der Waals surface area contributed by atoms with Crippen LogP contribution in [0.25, 0.3) is 0 Å². The molecule has 0 aliphatic rings. The second-order valence-corrected chi connectivity index (χ2v) is 1.86. The van der Waals surface area contributed by atoms with Crippen molar-refractivity contribution < 1.29 is 17.7 Å². The smallest absolute Gasteiger partial charge is 0.330 e. The van der Waals surface area contributed by atoms with E-state index in [1.807, 2.05) is 0 Å². The lowest BCUT2D eigenvalue weighted by Crippen LogP contribution is -2.07. The van der Waals surface area contributed by atoms with Gasteiger partial charge >= 0.3 is 6.18 Å². The fraction of sp³-hybridized carbons (Fsp3) is 1.00. The van der Waals surface area contributed by atoms with E-state index >= 15 is 0 Å². The summed E-state index contributed by atoms with van der Waals surface area (Å²) in [6.45, 7) is 0. The van der Waals surface area contributed by atoms with Gasteiger partial charge in [0.25, 0.3) is 0 Å². The highest BCUT2D eigenvalue weighted by Crippen LogP contribution is 2.20. The van der Waals surface area contributed by atoms with Crippen LogP contribution < -0.4 is 0 Å². The average Bonchev–Trinajstić information content (AvgIpc) is 1.59. The molecule has 8 heavy (non-hydrogen) atoms. The van der Waals surface area contributed by atoms with Crippen LogP contribution in [0, 0.1) is 0 Å². The van der Waals surface area contributed by atoms with Gasteiger partial charge in [0.2, 0.25) is 0 Å². The van der Waals surface area contributed by atoms with Crippen molar-refractivity contribution in [2.75, 3.05) is 5.75 Å². The molecule has 1 N–H and O–H groups in total. The molecule has 0 radical (unpaired) electrons. The molecular weight excluding hydrogens is 141 g/mol. The molecule has 0 bridgehead atoms. The zero-order valence-electron chi connectivity index (χ0n) is 3.90. The predicted octanol–water partition coefficient (Wildman–Crippen LogP) is 2.15. The largest absolute Gasteiger partial charge is 0.389 e. The molecule has 0 amide bonds. The van der Waals surface area contributed by atoms with Gasteiger partial charge in [-0.2, -0.15) is 13.2 Å². The summed E-state index contributed by atoms with van der Waals surface area (Å²) in [5.74, 6) is -0.274. The molecule has 0 aliphatic heterocycles. The lowest BCUT2D eigenvalue weighted by Gasteiger charge is -2.01. The van der Waals surface area contributed by atoms with E-state index in [-0.39, 0.29) is 17.8 Å². The SMILES string of the molecule is OSCCC(F)(F)F. The van der Waals surface area contributed by atoms with E-state index in [0.717, 1.165) is 0 Å². The van der Waals surface area contributed by atoms with Crippen LogP contribution in [0.3, 0.4) is 0 Å². The summed E-state index contributed by atoms with van der Waals surface area (Å²) in [4.78, 5) is 0. The molecule has 1 nitrogen and oxygen atoms in total. The topological polar surface area (TPSA) is 20.2 Å². The first-order valence-corrected chi connectivity index (χ1v) is 2.83. The van der Waals surface area contributed by atoms with Gasteiger partial charge in [0.15, 0.2) is 0 Å². The monoisotopic (exact) mass is 146 g/mol. The maximum absolute atomic E-state index is 11.1. The zero-order valence-corrected chi connectivity index (χ0v) is 4.72. The van der Waals surface area contributed by atoms with Gasteiger partial charge < -0.3 is 4.55 Å². The minimum Gasteiger partial charge on any atom is -0.330 e. The van der Waals surface area contributed by atoms with Crippen molar-refractivity contribution in [3.8, 4) is 0 Å². The van der Waals surface area contributed by atoms with Gasteiger partial charge in [0.05, 0.1) is 6.42 Å². The van der Waals surface area contributed by atoms with E-state index in [2.05, 4.69) is 0 Å². The fourth-order valence-electron chi connectivity index (χ4n) is 0.161. The van der Waals surface area contributed by atoms with Crippen molar-refractivity contribution in [2.45, 2.75) is 12.6 Å². The maximum atomic E-state index is 11.1. The first-order chi connectivity index (χ1) is 3.56. The third-order valence-electron chi connectivity index (χ3n) is 0.477. The molecule has 0 aromatic carbocycles. The molecule has 0 aromatic rings. The molecule has 50 valence electrons. The first-order valence-electron chi connectivity index (χ1n) is 1.89. The van der Waals surface area contributed by atoms with Crippen molar-refractivity contribution in [3.63, 3.8) is 0 Å². The number of hydrogen-bond donors (Lipinski definition) is 1. The number of halogens is 3. The molecule has 0 aromatic heterocycles. The van der Waals surface area contributed by atoms with Crippen LogP contribution >= 0.6 is 12.0 Å². The number of rotatable bonds is 2. The lowest BCUT2D eigenvalue weighted by atomic mass is 10.5. The van der Waals surface area contributed by atoms with E-state index < -0.39 is 12.6 Å². The Morgan fingerprint density at radius 1 is 1.38 bits per heavy atom. The van der Waals surface area contributed by atoms with E-state index in [0.29, 0.717) is 0 Å². The molecule has 0 atom stereocenters. The van der Waals surface area contributed by atoms with Crippen LogP contribution in [0.2, 0.25) is 0 Å². The van der Waals surface area contributed by atoms with Crippen LogP contribution in [0.4, 0.5) is 13.2 Å². The number of alkyl halides is 3. The quantitative estimate of drug-likeness (QED) is 0.602. The molecule has 0 rings (SSSR count). The Labute approximate surface area is 49.1 Å². The van der Waals surface area contributed by atoms with E-state index in [1.165, 1.54) is 0 Å². The first kappa shape index (κ1) is 8.10. The second-order valence-electron chi connectivity index (χ2n) is 1.20. The fourth-order valence-corrected chi connectivity index (χ4v) is 0.484. The van der Waals surface area contributed by atoms with Crippen LogP contribution in [-0.2, 0) is 0 Å². The van der Waals surface area contributed by atoms with E-state index in [4.69, 9.17) is 4.55 Å². The minimum atomic E-state index is -4.13. The Kier molecular flexibility index (Phi) is 3.23. The predicted molar refractivity (Wildman–Crippen MR) is 25.8 cm³/mol. The van der Waals surface area contributed by atoms with Gasteiger partial charge in [-0.15, -0.1) is 0 Å². The highest BCUT2D eigenvalue weighted by molar-refractivity contribution is 7.93. The van der Waals surface area contributed by atoms with Crippen LogP contribution in [0.15, 0.2) is 0 Å². The van der Waals surface area contributed by atoms with Gasteiger partial charge in [0, 0.05) is 5.75 Å². The molecule has 5 heteroatoms. The van der Waals surface area contributed by atoms with Crippen LogP contribution in [0.1, 0.15) is 6.42 Å². The van der Waals surface area contributed by atoms with Gasteiger partial charge in [-0.05, 0) is 12.0 Å². The Morgan fingerprint density at radius 3 is 2.00 bits per heavy atom. The maximum Gasteiger partial charge on any atom is 0.389 e. The van der Waals surface area contributed by atoms with Crippen molar-refractivity contribution in [1.82, 2.24) is 0 Å². The molecule has 0 aliphatic carbocycles. The van der Waals surface area contributed by atoms with Crippen molar-refractivity contribution in [1.29, 1.82) is 0 Å². The molecule has 0 saturated heterocycles. The summed E-state index contributed by atoms with van der Waals surface area (Å²) in [7, 11) is 0. The summed E-state index contributed by atoms with van der Waals surface area (Å²) in [5, 5.41) is 0. The standard InChI is InChI=1S/C3H5F3OS/c4-3(5,6)1-2-8-7/h7H,1-2H2. The van der Waals surface area contributed by atoms with Gasteiger partial charge in [0.1, 0.15) is 0 Å². The third kappa shape index (κ3) is 6.10. The third-order valence-corrected chi connectivity index (χ3v) is 0.864. The highest BCUT2D eigenvalue weighted by atomic mass is 32.2. The zero-order chi connectivity index (χ0) is 6.62. The van der Waals surface area contributed by atoms with Gasteiger partial charge in [-0.25, -0.2) is 0 Å². The Bertz CT molecular complexity index is 62.0. The Balaban J connectivity index is 3.11. The Hall–Kier alpha value is 0.100. The Morgan fingerprint density at radius 2 is 1.88 bits per heavy atom. The molecule has 0 spiro atoms. The molecule has 0 unspecified atom stereocenters. The summed E-state index contributed by atoms with van der Waals surface area (Å²) in [6.07, 6.45) is -5.05. The summed E-state index contributed by atoms with van der Waals surface area (Å²) >= 11 is 0.208. The van der Waals surface area contributed by atoms with Gasteiger partial charge in [-0.3, -0.25) is 0 Å². The van der Waals surface area contributed by atoms with Crippen molar-refractivity contribution in [2.24, 2.45) is 0 Å².